The Morgan fingerprint density at radius 1 is 1.26 bits per heavy atom. The normalized spacial score (nSPS) is 10.7. The third kappa shape index (κ3) is 3.41. The van der Waals surface area contributed by atoms with Gasteiger partial charge in [-0.1, -0.05) is 17.4 Å². The van der Waals surface area contributed by atoms with E-state index in [1.165, 1.54) is 23.1 Å². The van der Waals surface area contributed by atoms with E-state index in [4.69, 9.17) is 0 Å². The third-order valence-electron chi connectivity index (χ3n) is 2.97. The molecule has 0 aromatic carbocycles. The minimum atomic E-state index is -0.263. The third-order valence-corrected chi connectivity index (χ3v) is 5.27. The molecular weight excluding hydrogens is 350 g/mol. The van der Waals surface area contributed by atoms with E-state index < -0.39 is 0 Å². The number of nitrogens with one attached hydrogen (secondary N) is 1. The SMILES string of the molecule is CSc1nc(-c2cccs2)nc(C)c1C(=O)Nc1nnc(C)s1. The van der Waals surface area contributed by atoms with E-state index in [0.717, 1.165) is 9.88 Å². The lowest BCUT2D eigenvalue weighted by Gasteiger charge is -2.10. The molecule has 0 bridgehead atoms. The average molecular weight is 363 g/mol. The fourth-order valence-corrected chi connectivity index (χ4v) is 3.85. The first kappa shape index (κ1) is 16.0. The van der Waals surface area contributed by atoms with Crippen molar-refractivity contribution in [3.63, 3.8) is 0 Å². The number of anilines is 1. The Kier molecular flexibility index (Phi) is 4.69. The van der Waals surface area contributed by atoms with Crippen molar-refractivity contribution in [1.29, 1.82) is 0 Å². The van der Waals surface area contributed by atoms with Crippen molar-refractivity contribution >= 4 is 45.5 Å². The fraction of sp³-hybridized carbons (Fsp3) is 0.214. The minimum absolute atomic E-state index is 0.263. The van der Waals surface area contributed by atoms with Gasteiger partial charge in [-0.05, 0) is 31.5 Å². The quantitative estimate of drug-likeness (QED) is 0.563. The van der Waals surface area contributed by atoms with Crippen molar-refractivity contribution in [2.45, 2.75) is 18.9 Å². The lowest BCUT2D eigenvalue weighted by molar-refractivity contribution is 0.102. The van der Waals surface area contributed by atoms with Crippen LogP contribution in [0.15, 0.2) is 22.5 Å². The molecule has 23 heavy (non-hydrogen) atoms. The molecule has 1 amide bonds. The smallest absolute Gasteiger partial charge is 0.262 e. The van der Waals surface area contributed by atoms with Crippen LogP contribution in [0.4, 0.5) is 5.13 Å². The van der Waals surface area contributed by atoms with Gasteiger partial charge in [-0.3, -0.25) is 10.1 Å². The topological polar surface area (TPSA) is 80.7 Å². The van der Waals surface area contributed by atoms with Crippen molar-refractivity contribution in [2.24, 2.45) is 0 Å². The molecule has 9 heteroatoms. The molecule has 6 nitrogen and oxygen atoms in total. The molecule has 0 atom stereocenters. The average Bonchev–Trinajstić information content (AvgIpc) is 3.18. The molecule has 0 aliphatic rings. The van der Waals surface area contributed by atoms with Crippen LogP contribution in [0.5, 0.6) is 0 Å². The van der Waals surface area contributed by atoms with Crippen molar-refractivity contribution < 1.29 is 4.79 Å². The first-order valence-corrected chi connectivity index (χ1v) is 9.58. The van der Waals surface area contributed by atoms with E-state index in [1.807, 2.05) is 37.6 Å². The highest BCUT2D eigenvalue weighted by molar-refractivity contribution is 7.98. The van der Waals surface area contributed by atoms with Gasteiger partial charge in [0.2, 0.25) is 5.13 Å². The molecule has 0 aliphatic carbocycles. The zero-order valence-corrected chi connectivity index (χ0v) is 15.1. The molecule has 0 saturated carbocycles. The summed E-state index contributed by atoms with van der Waals surface area (Å²) < 4.78 is 0. The molecule has 0 aliphatic heterocycles. The van der Waals surface area contributed by atoms with Gasteiger partial charge in [0.15, 0.2) is 5.82 Å². The van der Waals surface area contributed by atoms with Crippen LogP contribution in [0.2, 0.25) is 0 Å². The van der Waals surface area contributed by atoms with Gasteiger partial charge in [-0.15, -0.1) is 33.3 Å². The van der Waals surface area contributed by atoms with Crippen molar-refractivity contribution in [3.05, 3.63) is 33.8 Å². The molecule has 3 aromatic rings. The number of hydrogen-bond donors (Lipinski definition) is 1. The summed E-state index contributed by atoms with van der Waals surface area (Å²) in [6.45, 7) is 3.66. The van der Waals surface area contributed by atoms with Crippen molar-refractivity contribution in [1.82, 2.24) is 20.2 Å². The Morgan fingerprint density at radius 3 is 2.70 bits per heavy atom. The van der Waals surface area contributed by atoms with E-state index in [9.17, 15) is 4.79 Å². The lowest BCUT2D eigenvalue weighted by atomic mass is 10.2. The second-order valence-electron chi connectivity index (χ2n) is 4.57. The highest BCUT2D eigenvalue weighted by Crippen LogP contribution is 2.28. The molecular formula is C14H13N5OS3. The van der Waals surface area contributed by atoms with Crippen LogP contribution < -0.4 is 5.32 Å². The molecule has 3 aromatic heterocycles. The molecule has 0 saturated heterocycles. The maximum atomic E-state index is 12.6. The Bertz CT molecular complexity index is 844. The van der Waals surface area contributed by atoms with Gasteiger partial charge in [-0.25, -0.2) is 9.97 Å². The largest absolute Gasteiger partial charge is 0.296 e. The van der Waals surface area contributed by atoms with E-state index >= 15 is 0 Å². The van der Waals surface area contributed by atoms with E-state index in [-0.39, 0.29) is 5.91 Å². The number of nitrogens with zero attached hydrogens (tertiary/aromatic N) is 4. The van der Waals surface area contributed by atoms with Gasteiger partial charge in [0.1, 0.15) is 10.0 Å². The highest BCUT2D eigenvalue weighted by Gasteiger charge is 2.20. The summed E-state index contributed by atoms with van der Waals surface area (Å²) >= 11 is 4.33. The first-order chi connectivity index (χ1) is 11.1. The number of carbonyl (C=O) groups excluding carboxylic acids is 1. The standard InChI is InChI=1S/C14H13N5OS3/c1-7-10(12(20)17-14-19-18-8(2)23-14)13(21-3)16-11(15-7)9-5-4-6-22-9/h4-6H,1-3H3,(H,17,19,20). The summed E-state index contributed by atoms with van der Waals surface area (Å²) in [5.74, 6) is 0.380. The number of carbonyl (C=O) groups is 1. The monoisotopic (exact) mass is 363 g/mol. The predicted molar refractivity (Wildman–Crippen MR) is 94.5 cm³/mol. The number of thiophene rings is 1. The van der Waals surface area contributed by atoms with Crippen molar-refractivity contribution in [2.75, 3.05) is 11.6 Å². The maximum absolute atomic E-state index is 12.6. The van der Waals surface area contributed by atoms with Crippen LogP contribution in [-0.4, -0.2) is 32.3 Å². The van der Waals surface area contributed by atoms with Gasteiger partial charge in [0, 0.05) is 0 Å². The predicted octanol–water partition coefficient (Wildman–Crippen LogP) is 3.65. The number of aromatic nitrogens is 4. The Morgan fingerprint density at radius 2 is 2.09 bits per heavy atom. The van der Waals surface area contributed by atoms with Crippen molar-refractivity contribution in [3.8, 4) is 10.7 Å². The van der Waals surface area contributed by atoms with E-state index in [0.29, 0.717) is 27.2 Å². The number of rotatable bonds is 4. The highest BCUT2D eigenvalue weighted by atomic mass is 32.2. The molecule has 3 heterocycles. The minimum Gasteiger partial charge on any atom is -0.296 e. The van der Waals surface area contributed by atoms with Crippen LogP contribution in [0.1, 0.15) is 21.1 Å². The number of amides is 1. The summed E-state index contributed by atoms with van der Waals surface area (Å²) in [6, 6.07) is 3.92. The zero-order chi connectivity index (χ0) is 16.4. The summed E-state index contributed by atoms with van der Waals surface area (Å²) in [5, 5.41) is 14.5. The van der Waals surface area contributed by atoms with Crippen LogP contribution in [-0.2, 0) is 0 Å². The van der Waals surface area contributed by atoms with Gasteiger partial charge in [0.05, 0.1) is 16.1 Å². The van der Waals surface area contributed by atoms with E-state index in [1.54, 1.807) is 11.3 Å². The molecule has 1 N–H and O–H groups in total. The van der Waals surface area contributed by atoms with Crippen LogP contribution in [0, 0.1) is 13.8 Å². The summed E-state index contributed by atoms with van der Waals surface area (Å²) in [4.78, 5) is 22.6. The second kappa shape index (κ2) is 6.73. The summed E-state index contributed by atoms with van der Waals surface area (Å²) in [7, 11) is 0. The zero-order valence-electron chi connectivity index (χ0n) is 12.7. The summed E-state index contributed by atoms with van der Waals surface area (Å²) in [5.41, 5.74) is 1.12. The molecule has 0 fully saturated rings. The summed E-state index contributed by atoms with van der Waals surface area (Å²) in [6.07, 6.45) is 1.89. The van der Waals surface area contributed by atoms with Gasteiger partial charge in [-0.2, -0.15) is 0 Å². The van der Waals surface area contributed by atoms with Crippen LogP contribution >= 0.6 is 34.4 Å². The van der Waals surface area contributed by atoms with Crippen LogP contribution in [0.3, 0.4) is 0 Å². The number of aryl methyl sites for hydroxylation is 2. The van der Waals surface area contributed by atoms with Crippen LogP contribution in [0.25, 0.3) is 10.7 Å². The fourth-order valence-electron chi connectivity index (χ4n) is 1.98. The molecule has 0 spiro atoms. The van der Waals surface area contributed by atoms with E-state index in [2.05, 4.69) is 25.5 Å². The lowest BCUT2D eigenvalue weighted by Crippen LogP contribution is -2.16. The van der Waals surface area contributed by atoms with Gasteiger partial charge in [0.25, 0.3) is 5.91 Å². The molecule has 0 radical (unpaired) electrons. The number of hydrogen-bond acceptors (Lipinski definition) is 8. The van der Waals surface area contributed by atoms with Gasteiger partial charge < -0.3 is 0 Å². The maximum Gasteiger partial charge on any atom is 0.262 e. The first-order valence-electron chi connectivity index (χ1n) is 6.66. The molecule has 3 rings (SSSR count). The molecule has 118 valence electrons. The number of thioether (sulfide) groups is 1. The second-order valence-corrected chi connectivity index (χ2v) is 7.50. The van der Waals surface area contributed by atoms with Gasteiger partial charge >= 0.3 is 0 Å². The Labute approximate surface area is 145 Å². The Balaban J connectivity index is 1.96. The molecule has 0 unspecified atom stereocenters. The Hall–Kier alpha value is -1.84.